The molecule has 0 fully saturated rings. The van der Waals surface area contributed by atoms with Gasteiger partial charge in [0.15, 0.2) is 18.2 Å². The molecule has 0 radical (unpaired) electrons. The highest BCUT2D eigenvalue weighted by molar-refractivity contribution is 5.92. The molecule has 0 aliphatic carbocycles. The first kappa shape index (κ1) is 19.1. The number of nitrogens with one attached hydrogen (secondary N) is 1. The molecule has 0 heterocycles. The van der Waals surface area contributed by atoms with Crippen LogP contribution in [0.1, 0.15) is 5.56 Å². The first-order valence-corrected chi connectivity index (χ1v) is 6.81. The van der Waals surface area contributed by atoms with Crippen LogP contribution in [0.15, 0.2) is 36.4 Å². The standard InChI is InChI=1S/C15H9F5N2O4/c16-8-1-4-13(11(17)5-8)26-7-14(23)21-9-2-3-12(22(24)25)10(6-9)15(18,19)20/h1-6H,7H2,(H,21,23). The molecule has 0 spiro atoms. The average molecular weight is 376 g/mol. The number of rotatable bonds is 5. The average Bonchev–Trinajstić information content (AvgIpc) is 2.53. The summed E-state index contributed by atoms with van der Waals surface area (Å²) in [4.78, 5) is 21.1. The van der Waals surface area contributed by atoms with E-state index in [0.29, 0.717) is 18.2 Å². The molecule has 0 bridgehead atoms. The summed E-state index contributed by atoms with van der Waals surface area (Å²) in [6.45, 7) is -0.777. The quantitative estimate of drug-likeness (QED) is 0.487. The SMILES string of the molecule is O=C(COc1ccc(F)cc1F)Nc1ccc([N+](=O)[O-])c(C(F)(F)F)c1. The topological polar surface area (TPSA) is 81.5 Å². The van der Waals surface area contributed by atoms with Gasteiger partial charge in [0.2, 0.25) is 0 Å². The molecule has 0 atom stereocenters. The lowest BCUT2D eigenvalue weighted by molar-refractivity contribution is -0.388. The summed E-state index contributed by atoms with van der Waals surface area (Å²) in [5.74, 6) is -3.30. The molecule has 0 unspecified atom stereocenters. The van der Waals surface area contributed by atoms with Crippen LogP contribution in [0, 0.1) is 21.7 Å². The van der Waals surface area contributed by atoms with Crippen LogP contribution in [0.25, 0.3) is 0 Å². The molecular formula is C15H9F5N2O4. The van der Waals surface area contributed by atoms with Crippen molar-refractivity contribution in [1.29, 1.82) is 0 Å². The predicted octanol–water partition coefficient (Wildman–Crippen LogP) is 3.91. The van der Waals surface area contributed by atoms with Crippen molar-refractivity contribution in [2.45, 2.75) is 6.18 Å². The smallest absolute Gasteiger partial charge is 0.423 e. The van der Waals surface area contributed by atoms with Crippen molar-refractivity contribution >= 4 is 17.3 Å². The van der Waals surface area contributed by atoms with Crippen molar-refractivity contribution in [3.05, 3.63) is 63.7 Å². The van der Waals surface area contributed by atoms with Gasteiger partial charge in [-0.1, -0.05) is 0 Å². The van der Waals surface area contributed by atoms with Crippen molar-refractivity contribution in [2.75, 3.05) is 11.9 Å². The second-order valence-electron chi connectivity index (χ2n) is 4.90. The number of hydrogen-bond donors (Lipinski definition) is 1. The molecule has 0 saturated carbocycles. The van der Waals surface area contributed by atoms with Crippen LogP contribution in [-0.2, 0) is 11.0 Å². The molecule has 11 heteroatoms. The van der Waals surface area contributed by atoms with Gasteiger partial charge in [-0.15, -0.1) is 0 Å². The second kappa shape index (κ2) is 7.33. The summed E-state index contributed by atoms with van der Waals surface area (Å²) in [7, 11) is 0. The van der Waals surface area contributed by atoms with E-state index < -0.39 is 52.2 Å². The number of carbonyl (C=O) groups excluding carboxylic acids is 1. The Morgan fingerprint density at radius 1 is 1.15 bits per heavy atom. The number of ether oxygens (including phenoxy) is 1. The Hall–Kier alpha value is -3.24. The van der Waals surface area contributed by atoms with E-state index in [2.05, 4.69) is 0 Å². The Morgan fingerprint density at radius 2 is 1.85 bits per heavy atom. The van der Waals surface area contributed by atoms with Crippen molar-refractivity contribution < 1.29 is 36.4 Å². The van der Waals surface area contributed by atoms with Gasteiger partial charge in [-0.25, -0.2) is 8.78 Å². The highest BCUT2D eigenvalue weighted by Crippen LogP contribution is 2.37. The minimum absolute atomic E-state index is 0.365. The van der Waals surface area contributed by atoms with Crippen LogP contribution in [-0.4, -0.2) is 17.4 Å². The molecule has 2 aromatic carbocycles. The van der Waals surface area contributed by atoms with E-state index in [9.17, 15) is 36.9 Å². The number of nitro groups is 1. The number of anilines is 1. The fraction of sp³-hybridized carbons (Fsp3) is 0.133. The molecule has 2 aromatic rings. The fourth-order valence-corrected chi connectivity index (χ4v) is 1.93. The van der Waals surface area contributed by atoms with Crippen molar-refractivity contribution in [3.63, 3.8) is 0 Å². The first-order valence-electron chi connectivity index (χ1n) is 6.81. The lowest BCUT2D eigenvalue weighted by atomic mass is 10.1. The maximum atomic E-state index is 13.3. The maximum Gasteiger partial charge on any atom is 0.423 e. The Labute approximate surface area is 142 Å². The number of nitrogens with zero attached hydrogens (tertiary/aromatic N) is 1. The third kappa shape index (κ3) is 4.65. The van der Waals surface area contributed by atoms with Gasteiger partial charge in [-0.05, 0) is 24.3 Å². The Bertz CT molecular complexity index is 854. The molecule has 0 aliphatic heterocycles. The summed E-state index contributed by atoms with van der Waals surface area (Å²) in [6.07, 6.45) is -5.00. The van der Waals surface area contributed by atoms with Gasteiger partial charge in [-0.3, -0.25) is 14.9 Å². The normalized spacial score (nSPS) is 11.1. The largest absolute Gasteiger partial charge is 0.481 e. The molecule has 1 amide bonds. The zero-order valence-electron chi connectivity index (χ0n) is 12.6. The minimum atomic E-state index is -5.00. The lowest BCUT2D eigenvalue weighted by Gasteiger charge is -2.11. The van der Waals surface area contributed by atoms with E-state index >= 15 is 0 Å². The van der Waals surface area contributed by atoms with Crippen molar-refractivity contribution in [2.24, 2.45) is 0 Å². The van der Waals surface area contributed by atoms with Crippen LogP contribution in [0.5, 0.6) is 5.75 Å². The molecule has 1 N–H and O–H groups in total. The van der Waals surface area contributed by atoms with E-state index in [4.69, 9.17) is 4.74 Å². The Balaban J connectivity index is 2.10. The fourth-order valence-electron chi connectivity index (χ4n) is 1.93. The van der Waals surface area contributed by atoms with Crippen molar-refractivity contribution in [3.8, 4) is 5.75 Å². The number of alkyl halides is 3. The summed E-state index contributed by atoms with van der Waals surface area (Å²) in [6, 6.07) is 4.25. The zero-order valence-corrected chi connectivity index (χ0v) is 12.6. The van der Waals surface area contributed by atoms with Crippen LogP contribution < -0.4 is 10.1 Å². The number of amides is 1. The molecular weight excluding hydrogens is 367 g/mol. The van der Waals surface area contributed by atoms with Gasteiger partial charge in [0.25, 0.3) is 11.6 Å². The van der Waals surface area contributed by atoms with E-state index in [1.54, 1.807) is 0 Å². The number of hydrogen-bond acceptors (Lipinski definition) is 4. The molecule has 2 rings (SSSR count). The predicted molar refractivity (Wildman–Crippen MR) is 78.6 cm³/mol. The zero-order chi connectivity index (χ0) is 19.5. The number of benzene rings is 2. The molecule has 6 nitrogen and oxygen atoms in total. The summed E-state index contributed by atoms with van der Waals surface area (Å²) >= 11 is 0. The number of carbonyl (C=O) groups is 1. The van der Waals surface area contributed by atoms with Crippen molar-refractivity contribution in [1.82, 2.24) is 0 Å². The van der Waals surface area contributed by atoms with Gasteiger partial charge in [0.1, 0.15) is 11.4 Å². The van der Waals surface area contributed by atoms with Gasteiger partial charge in [-0.2, -0.15) is 13.2 Å². The van der Waals surface area contributed by atoms with Crippen LogP contribution in [0.4, 0.5) is 33.3 Å². The summed E-state index contributed by atoms with van der Waals surface area (Å²) in [5, 5.41) is 12.7. The van der Waals surface area contributed by atoms with Crippen LogP contribution >= 0.6 is 0 Å². The molecule has 0 aliphatic rings. The minimum Gasteiger partial charge on any atom is -0.481 e. The van der Waals surface area contributed by atoms with Crippen LogP contribution in [0.2, 0.25) is 0 Å². The highest BCUT2D eigenvalue weighted by Gasteiger charge is 2.38. The van der Waals surface area contributed by atoms with Gasteiger partial charge in [0, 0.05) is 17.8 Å². The molecule has 0 saturated heterocycles. The van der Waals surface area contributed by atoms with Gasteiger partial charge >= 0.3 is 6.18 Å². The maximum absolute atomic E-state index is 13.3. The third-order valence-corrected chi connectivity index (χ3v) is 3.04. The van der Waals surface area contributed by atoms with E-state index in [-0.39, 0.29) is 5.69 Å². The first-order chi connectivity index (χ1) is 12.1. The third-order valence-electron chi connectivity index (χ3n) is 3.04. The van der Waals surface area contributed by atoms with E-state index in [1.807, 2.05) is 5.32 Å². The summed E-state index contributed by atoms with van der Waals surface area (Å²) < 4.78 is 69.5. The molecule has 0 aromatic heterocycles. The number of nitro benzene ring substituents is 1. The molecule has 138 valence electrons. The van der Waals surface area contributed by atoms with Gasteiger partial charge < -0.3 is 10.1 Å². The molecule has 26 heavy (non-hydrogen) atoms. The van der Waals surface area contributed by atoms with E-state index in [0.717, 1.165) is 18.2 Å². The number of halogens is 5. The second-order valence-corrected chi connectivity index (χ2v) is 4.90. The monoisotopic (exact) mass is 376 g/mol. The van der Waals surface area contributed by atoms with Crippen LogP contribution in [0.3, 0.4) is 0 Å². The van der Waals surface area contributed by atoms with E-state index in [1.165, 1.54) is 0 Å². The van der Waals surface area contributed by atoms with Gasteiger partial charge in [0.05, 0.1) is 4.92 Å². The highest BCUT2D eigenvalue weighted by atomic mass is 19.4. The Kier molecular flexibility index (Phi) is 5.38. The lowest BCUT2D eigenvalue weighted by Crippen LogP contribution is -2.21. The Morgan fingerprint density at radius 3 is 2.42 bits per heavy atom. The summed E-state index contributed by atoms with van der Waals surface area (Å²) in [5.41, 5.74) is -3.07.